The first kappa shape index (κ1) is 12.9. The Balaban J connectivity index is 2.11. The maximum Gasteiger partial charge on any atom is 0.254 e. The molecule has 0 saturated carbocycles. The first-order valence-corrected chi connectivity index (χ1v) is 7.10. The fourth-order valence-corrected chi connectivity index (χ4v) is 3.33. The molecule has 0 saturated heterocycles. The molecule has 1 aliphatic rings. The molecule has 3 rings (SSSR count). The van der Waals surface area contributed by atoms with Gasteiger partial charge in [0.25, 0.3) is 5.91 Å². The number of fused-ring (bicyclic) bond motifs is 1. The largest absolute Gasteiger partial charge is 0.332 e. The first-order chi connectivity index (χ1) is 9.69. The maximum atomic E-state index is 12.5. The van der Waals surface area contributed by atoms with Crippen molar-refractivity contribution in [3.05, 3.63) is 71.3 Å². The molecular weight excluding hydrogens is 246 g/mol. The number of nitrogens with zero attached hydrogens (tertiary/aromatic N) is 1. The lowest BCUT2D eigenvalue weighted by atomic mass is 9.81. The number of benzene rings is 2. The molecule has 2 aromatic carbocycles. The van der Waals surface area contributed by atoms with Gasteiger partial charge in [-0.2, -0.15) is 0 Å². The predicted octanol–water partition coefficient (Wildman–Crippen LogP) is 3.62. The van der Waals surface area contributed by atoms with Crippen molar-refractivity contribution >= 4 is 5.91 Å². The molecule has 0 radical (unpaired) electrons. The lowest BCUT2D eigenvalue weighted by Crippen LogP contribution is -2.42. The normalized spacial score (nSPS) is 21.1. The number of hydrogen-bond acceptors (Lipinski definition) is 1. The van der Waals surface area contributed by atoms with E-state index < -0.39 is 0 Å². The Hall–Kier alpha value is -2.09. The molecule has 102 valence electrons. The standard InChI is InChI=1S/C18H19NO/c1-3-18(13-14-9-5-4-6-10-14)16-12-8-7-11-15(16)17(20)19(18)2/h4-12H,3,13H2,1-2H3. The number of rotatable bonds is 3. The van der Waals surface area contributed by atoms with E-state index >= 15 is 0 Å². The summed E-state index contributed by atoms with van der Waals surface area (Å²) in [6.45, 7) is 2.16. The van der Waals surface area contributed by atoms with Crippen molar-refractivity contribution in [2.75, 3.05) is 7.05 Å². The second-order valence-corrected chi connectivity index (χ2v) is 5.46. The van der Waals surface area contributed by atoms with Crippen LogP contribution in [0.4, 0.5) is 0 Å². The van der Waals surface area contributed by atoms with Crippen LogP contribution in [-0.4, -0.2) is 17.9 Å². The average molecular weight is 265 g/mol. The molecule has 0 fully saturated rings. The number of likely N-dealkylation sites (N-methyl/N-ethyl adjacent to an activating group) is 1. The molecule has 20 heavy (non-hydrogen) atoms. The van der Waals surface area contributed by atoms with Gasteiger partial charge in [0.2, 0.25) is 0 Å². The van der Waals surface area contributed by atoms with Crippen LogP contribution in [-0.2, 0) is 12.0 Å². The Morgan fingerprint density at radius 3 is 2.35 bits per heavy atom. The zero-order chi connectivity index (χ0) is 14.2. The summed E-state index contributed by atoms with van der Waals surface area (Å²) in [6.07, 6.45) is 1.78. The van der Waals surface area contributed by atoms with Crippen molar-refractivity contribution in [2.24, 2.45) is 0 Å². The molecule has 2 aromatic rings. The van der Waals surface area contributed by atoms with Crippen molar-refractivity contribution in [2.45, 2.75) is 25.3 Å². The molecule has 0 bridgehead atoms. The predicted molar refractivity (Wildman–Crippen MR) is 80.7 cm³/mol. The monoisotopic (exact) mass is 265 g/mol. The molecule has 1 unspecified atom stereocenters. The van der Waals surface area contributed by atoms with Crippen molar-refractivity contribution in [1.29, 1.82) is 0 Å². The van der Waals surface area contributed by atoms with E-state index in [0.29, 0.717) is 0 Å². The molecule has 0 aromatic heterocycles. The molecule has 2 heteroatoms. The Morgan fingerprint density at radius 2 is 1.65 bits per heavy atom. The third-order valence-corrected chi connectivity index (χ3v) is 4.53. The highest BCUT2D eigenvalue weighted by Crippen LogP contribution is 2.42. The molecule has 2 nitrogen and oxygen atoms in total. The minimum atomic E-state index is -0.213. The van der Waals surface area contributed by atoms with Gasteiger partial charge in [-0.05, 0) is 30.0 Å². The minimum absolute atomic E-state index is 0.137. The summed E-state index contributed by atoms with van der Waals surface area (Å²) < 4.78 is 0. The Labute approximate surface area is 120 Å². The van der Waals surface area contributed by atoms with Gasteiger partial charge in [-0.1, -0.05) is 55.5 Å². The summed E-state index contributed by atoms with van der Waals surface area (Å²) in [5.41, 5.74) is 3.08. The summed E-state index contributed by atoms with van der Waals surface area (Å²) in [7, 11) is 1.93. The molecular formula is C18H19NO. The van der Waals surface area contributed by atoms with Gasteiger partial charge >= 0.3 is 0 Å². The summed E-state index contributed by atoms with van der Waals surface area (Å²) in [4.78, 5) is 14.4. The summed E-state index contributed by atoms with van der Waals surface area (Å²) in [5.74, 6) is 0.137. The van der Waals surface area contributed by atoms with E-state index in [9.17, 15) is 4.79 Å². The number of hydrogen-bond donors (Lipinski definition) is 0. The summed E-state index contributed by atoms with van der Waals surface area (Å²) in [6, 6.07) is 18.4. The third kappa shape index (κ3) is 1.75. The Kier molecular flexibility index (Phi) is 3.09. The van der Waals surface area contributed by atoms with Gasteiger partial charge in [-0.3, -0.25) is 4.79 Å². The van der Waals surface area contributed by atoms with Gasteiger partial charge < -0.3 is 4.90 Å². The highest BCUT2D eigenvalue weighted by molar-refractivity contribution is 5.99. The second-order valence-electron chi connectivity index (χ2n) is 5.46. The van der Waals surface area contributed by atoms with E-state index in [2.05, 4.69) is 37.3 Å². The molecule has 0 N–H and O–H groups in total. The minimum Gasteiger partial charge on any atom is -0.332 e. The van der Waals surface area contributed by atoms with Crippen LogP contribution in [0.5, 0.6) is 0 Å². The van der Waals surface area contributed by atoms with Gasteiger partial charge in [0.1, 0.15) is 0 Å². The zero-order valence-electron chi connectivity index (χ0n) is 12.0. The second kappa shape index (κ2) is 4.78. The van der Waals surface area contributed by atoms with Gasteiger partial charge in [-0.25, -0.2) is 0 Å². The van der Waals surface area contributed by atoms with Gasteiger partial charge in [0.15, 0.2) is 0 Å². The number of amides is 1. The van der Waals surface area contributed by atoms with E-state index in [4.69, 9.17) is 0 Å². The number of carbonyl (C=O) groups is 1. The van der Waals surface area contributed by atoms with Crippen LogP contribution in [0, 0.1) is 0 Å². The van der Waals surface area contributed by atoms with Gasteiger partial charge in [0, 0.05) is 12.6 Å². The fraction of sp³-hybridized carbons (Fsp3) is 0.278. The van der Waals surface area contributed by atoms with Gasteiger partial charge in [0.05, 0.1) is 5.54 Å². The molecule has 0 aliphatic carbocycles. The molecule has 1 aliphatic heterocycles. The van der Waals surface area contributed by atoms with Crippen molar-refractivity contribution in [3.63, 3.8) is 0 Å². The first-order valence-electron chi connectivity index (χ1n) is 7.10. The smallest absolute Gasteiger partial charge is 0.254 e. The van der Waals surface area contributed by atoms with E-state index in [1.807, 2.05) is 36.2 Å². The summed E-state index contributed by atoms with van der Waals surface area (Å²) >= 11 is 0. The number of carbonyl (C=O) groups excluding carboxylic acids is 1. The van der Waals surface area contributed by atoms with Crippen molar-refractivity contribution in [1.82, 2.24) is 4.90 Å². The van der Waals surface area contributed by atoms with Crippen molar-refractivity contribution in [3.8, 4) is 0 Å². The molecule has 1 heterocycles. The van der Waals surface area contributed by atoms with Crippen LogP contribution in [0.3, 0.4) is 0 Å². The van der Waals surface area contributed by atoms with Crippen LogP contribution in [0.1, 0.15) is 34.8 Å². The highest BCUT2D eigenvalue weighted by Gasteiger charge is 2.46. The van der Waals surface area contributed by atoms with E-state index in [0.717, 1.165) is 18.4 Å². The van der Waals surface area contributed by atoms with E-state index in [-0.39, 0.29) is 11.4 Å². The third-order valence-electron chi connectivity index (χ3n) is 4.53. The Morgan fingerprint density at radius 1 is 1.00 bits per heavy atom. The maximum absolute atomic E-state index is 12.5. The molecule has 0 spiro atoms. The highest BCUT2D eigenvalue weighted by atomic mass is 16.2. The topological polar surface area (TPSA) is 20.3 Å². The van der Waals surface area contributed by atoms with Gasteiger partial charge in [-0.15, -0.1) is 0 Å². The molecule has 1 amide bonds. The van der Waals surface area contributed by atoms with Crippen LogP contribution in [0.25, 0.3) is 0 Å². The SMILES string of the molecule is CCC1(Cc2ccccc2)c2ccccc2C(=O)N1C. The Bertz CT molecular complexity index is 635. The quantitative estimate of drug-likeness (QED) is 0.830. The van der Waals surface area contributed by atoms with E-state index in [1.165, 1.54) is 11.1 Å². The lowest BCUT2D eigenvalue weighted by molar-refractivity contribution is 0.0620. The zero-order valence-corrected chi connectivity index (χ0v) is 12.0. The lowest BCUT2D eigenvalue weighted by Gasteiger charge is -2.36. The van der Waals surface area contributed by atoms with Crippen LogP contribution < -0.4 is 0 Å². The average Bonchev–Trinajstić information content (AvgIpc) is 2.71. The van der Waals surface area contributed by atoms with Crippen molar-refractivity contribution < 1.29 is 4.79 Å². The van der Waals surface area contributed by atoms with Crippen LogP contribution >= 0.6 is 0 Å². The van der Waals surface area contributed by atoms with Crippen LogP contribution in [0.15, 0.2) is 54.6 Å². The summed E-state index contributed by atoms with van der Waals surface area (Å²) in [5, 5.41) is 0. The fourth-order valence-electron chi connectivity index (χ4n) is 3.33. The van der Waals surface area contributed by atoms with Crippen LogP contribution in [0.2, 0.25) is 0 Å². The van der Waals surface area contributed by atoms with E-state index in [1.54, 1.807) is 0 Å². The molecule has 1 atom stereocenters.